The zero-order chi connectivity index (χ0) is 17.2. The number of fused-ring (bicyclic) bond motifs is 1. The number of benzene rings is 1. The van der Waals surface area contributed by atoms with E-state index in [4.69, 9.17) is 9.26 Å². The second-order valence-electron chi connectivity index (χ2n) is 5.18. The minimum atomic E-state index is -0.635. The molecule has 0 saturated carbocycles. The third-order valence-corrected chi connectivity index (χ3v) is 3.53. The smallest absolute Gasteiger partial charge is 0.397 e. The van der Waals surface area contributed by atoms with Gasteiger partial charge in [-0.1, -0.05) is 23.4 Å². The number of nitrogens with zero attached hydrogens (tertiary/aromatic N) is 5. The van der Waals surface area contributed by atoms with Gasteiger partial charge >= 0.3 is 11.9 Å². The highest BCUT2D eigenvalue weighted by Gasteiger charge is 2.17. The normalized spacial score (nSPS) is 10.9. The van der Waals surface area contributed by atoms with E-state index < -0.39 is 5.97 Å². The Morgan fingerprint density at radius 2 is 2.08 bits per heavy atom. The fourth-order valence-corrected chi connectivity index (χ4v) is 2.40. The number of imidazole rings is 1. The monoisotopic (exact) mass is 335 g/mol. The predicted octanol–water partition coefficient (Wildman–Crippen LogP) is 2.62. The van der Waals surface area contributed by atoms with E-state index in [9.17, 15) is 4.79 Å². The lowest BCUT2D eigenvalue weighted by Crippen LogP contribution is -2.04. The second kappa shape index (κ2) is 6.16. The van der Waals surface area contributed by atoms with Gasteiger partial charge in [-0.05, 0) is 25.1 Å². The largest absolute Gasteiger partial charge is 0.459 e. The number of rotatable bonds is 4. The molecule has 3 heterocycles. The maximum Gasteiger partial charge on any atom is 0.397 e. The molecule has 4 rings (SSSR count). The van der Waals surface area contributed by atoms with Crippen molar-refractivity contribution in [2.75, 3.05) is 6.61 Å². The van der Waals surface area contributed by atoms with Crippen molar-refractivity contribution < 1.29 is 14.1 Å². The molecule has 0 saturated heterocycles. The number of esters is 1. The summed E-state index contributed by atoms with van der Waals surface area (Å²) in [6, 6.07) is 11.2. The Kier molecular flexibility index (Phi) is 3.70. The van der Waals surface area contributed by atoms with Crippen molar-refractivity contribution >= 4 is 11.6 Å². The summed E-state index contributed by atoms with van der Waals surface area (Å²) in [5.74, 6) is -0.491. The van der Waals surface area contributed by atoms with Crippen LogP contribution in [0.1, 0.15) is 17.6 Å². The quantitative estimate of drug-likeness (QED) is 0.529. The van der Waals surface area contributed by atoms with E-state index >= 15 is 0 Å². The van der Waals surface area contributed by atoms with Gasteiger partial charge in [-0.15, -0.1) is 0 Å². The molecule has 0 aliphatic heterocycles. The lowest BCUT2D eigenvalue weighted by atomic mass is 10.1. The van der Waals surface area contributed by atoms with Gasteiger partial charge in [0.2, 0.25) is 5.82 Å². The van der Waals surface area contributed by atoms with Crippen molar-refractivity contribution in [1.82, 2.24) is 24.7 Å². The van der Waals surface area contributed by atoms with Gasteiger partial charge in [-0.3, -0.25) is 0 Å². The van der Waals surface area contributed by atoms with Gasteiger partial charge in [0, 0.05) is 17.3 Å². The Bertz CT molecular complexity index is 1020. The molecule has 3 aromatic heterocycles. The Hall–Kier alpha value is -3.55. The van der Waals surface area contributed by atoms with E-state index in [2.05, 4.69) is 20.2 Å². The van der Waals surface area contributed by atoms with Gasteiger partial charge in [0.1, 0.15) is 0 Å². The van der Waals surface area contributed by atoms with E-state index in [1.165, 1.54) is 0 Å². The molecule has 0 fully saturated rings. The Morgan fingerprint density at radius 3 is 2.92 bits per heavy atom. The molecular weight excluding hydrogens is 322 g/mol. The van der Waals surface area contributed by atoms with Gasteiger partial charge < -0.3 is 9.26 Å². The molecule has 0 unspecified atom stereocenters. The van der Waals surface area contributed by atoms with Gasteiger partial charge in [0.15, 0.2) is 5.65 Å². The van der Waals surface area contributed by atoms with Crippen molar-refractivity contribution in [3.8, 4) is 22.6 Å². The lowest BCUT2D eigenvalue weighted by molar-refractivity contribution is 0.0470. The maximum atomic E-state index is 11.6. The highest BCUT2D eigenvalue weighted by atomic mass is 16.6. The van der Waals surface area contributed by atoms with Crippen LogP contribution in [0.3, 0.4) is 0 Å². The summed E-state index contributed by atoms with van der Waals surface area (Å²) in [5, 5.41) is 8.05. The first-order valence-electron chi connectivity index (χ1n) is 7.66. The average Bonchev–Trinajstić information content (AvgIpc) is 3.29. The van der Waals surface area contributed by atoms with Crippen LogP contribution in [0.25, 0.3) is 28.3 Å². The molecule has 0 amide bonds. The Labute approximate surface area is 142 Å². The zero-order valence-electron chi connectivity index (χ0n) is 13.3. The third-order valence-electron chi connectivity index (χ3n) is 3.53. The van der Waals surface area contributed by atoms with Gasteiger partial charge in [-0.2, -0.15) is 10.1 Å². The zero-order valence-corrected chi connectivity index (χ0v) is 13.3. The molecule has 0 N–H and O–H groups in total. The molecule has 124 valence electrons. The van der Waals surface area contributed by atoms with Gasteiger partial charge in [0.05, 0.1) is 18.5 Å². The lowest BCUT2D eigenvalue weighted by Gasteiger charge is -1.99. The first-order chi connectivity index (χ1) is 12.2. The number of aromatic nitrogens is 5. The summed E-state index contributed by atoms with van der Waals surface area (Å²) in [6.07, 6.45) is 3.54. The maximum absolute atomic E-state index is 11.6. The molecule has 8 heteroatoms. The predicted molar refractivity (Wildman–Crippen MR) is 87.7 cm³/mol. The third kappa shape index (κ3) is 2.85. The highest BCUT2D eigenvalue weighted by Crippen LogP contribution is 2.24. The van der Waals surface area contributed by atoms with Crippen LogP contribution in [0.2, 0.25) is 0 Å². The second-order valence-corrected chi connectivity index (χ2v) is 5.18. The van der Waals surface area contributed by atoms with E-state index in [-0.39, 0.29) is 12.5 Å². The SMILES string of the molecule is CCOC(=O)c1nc(-c2cccc(-c3cn4ncccc4n3)c2)no1. The molecule has 1 aromatic carbocycles. The van der Waals surface area contributed by atoms with E-state index in [1.807, 2.05) is 42.6 Å². The first kappa shape index (κ1) is 15.0. The van der Waals surface area contributed by atoms with Crippen LogP contribution in [0.5, 0.6) is 0 Å². The molecule has 25 heavy (non-hydrogen) atoms. The Morgan fingerprint density at radius 1 is 1.20 bits per heavy atom. The van der Waals surface area contributed by atoms with Gasteiger partial charge in [-0.25, -0.2) is 14.3 Å². The van der Waals surface area contributed by atoms with Crippen LogP contribution in [0.15, 0.2) is 53.3 Å². The van der Waals surface area contributed by atoms with Crippen molar-refractivity contribution in [1.29, 1.82) is 0 Å². The van der Waals surface area contributed by atoms with E-state index in [0.717, 1.165) is 16.9 Å². The summed E-state index contributed by atoms with van der Waals surface area (Å²) in [7, 11) is 0. The summed E-state index contributed by atoms with van der Waals surface area (Å²) in [6.45, 7) is 1.95. The number of carbonyl (C=O) groups excluding carboxylic acids is 1. The number of hydrogen-bond acceptors (Lipinski definition) is 7. The molecule has 0 bridgehead atoms. The van der Waals surface area contributed by atoms with Crippen molar-refractivity contribution in [3.63, 3.8) is 0 Å². The molecule has 0 aliphatic rings. The van der Waals surface area contributed by atoms with Crippen LogP contribution in [-0.4, -0.2) is 37.3 Å². The Balaban J connectivity index is 1.68. The van der Waals surface area contributed by atoms with Crippen molar-refractivity contribution in [2.45, 2.75) is 6.92 Å². The summed E-state index contributed by atoms with van der Waals surface area (Å²) in [4.78, 5) is 20.3. The van der Waals surface area contributed by atoms with Crippen LogP contribution >= 0.6 is 0 Å². The van der Waals surface area contributed by atoms with Crippen LogP contribution < -0.4 is 0 Å². The van der Waals surface area contributed by atoms with Crippen molar-refractivity contribution in [3.05, 3.63) is 54.7 Å². The first-order valence-corrected chi connectivity index (χ1v) is 7.66. The summed E-state index contributed by atoms with van der Waals surface area (Å²) >= 11 is 0. The molecule has 0 radical (unpaired) electrons. The topological polar surface area (TPSA) is 95.4 Å². The molecule has 8 nitrogen and oxygen atoms in total. The summed E-state index contributed by atoms with van der Waals surface area (Å²) in [5.41, 5.74) is 3.12. The van der Waals surface area contributed by atoms with E-state index in [1.54, 1.807) is 17.6 Å². The standard InChI is InChI=1S/C17H13N5O3/c1-2-24-17(23)16-20-15(21-25-16)12-6-3-5-11(9-12)13-10-22-14(19-13)7-4-8-18-22/h3-10H,2H2,1H3. The molecule has 0 atom stereocenters. The number of carbonyl (C=O) groups is 1. The average molecular weight is 335 g/mol. The van der Waals surface area contributed by atoms with E-state index in [0.29, 0.717) is 11.4 Å². The number of ether oxygens (including phenoxy) is 1. The minimum Gasteiger partial charge on any atom is -0.459 e. The molecule has 0 aliphatic carbocycles. The summed E-state index contributed by atoms with van der Waals surface area (Å²) < 4.78 is 11.5. The van der Waals surface area contributed by atoms with Crippen LogP contribution in [-0.2, 0) is 4.74 Å². The number of hydrogen-bond donors (Lipinski definition) is 0. The minimum absolute atomic E-state index is 0.167. The molecule has 0 spiro atoms. The van der Waals surface area contributed by atoms with Crippen LogP contribution in [0, 0.1) is 0 Å². The van der Waals surface area contributed by atoms with Crippen molar-refractivity contribution in [2.24, 2.45) is 0 Å². The van der Waals surface area contributed by atoms with Crippen LogP contribution in [0.4, 0.5) is 0 Å². The fraction of sp³-hybridized carbons (Fsp3) is 0.118. The highest BCUT2D eigenvalue weighted by molar-refractivity contribution is 5.84. The molecular formula is C17H13N5O3. The fourth-order valence-electron chi connectivity index (χ4n) is 2.40. The molecule has 4 aromatic rings. The van der Waals surface area contributed by atoms with Gasteiger partial charge in [0.25, 0.3) is 0 Å².